The summed E-state index contributed by atoms with van der Waals surface area (Å²) in [4.78, 5) is 40.7. The van der Waals surface area contributed by atoms with Crippen LogP contribution >= 0.6 is 11.8 Å². The molecule has 34 heavy (non-hydrogen) atoms. The fraction of sp³-hybridized carbons (Fsp3) is 0.125. The average molecular weight is 479 g/mol. The van der Waals surface area contributed by atoms with Gasteiger partial charge in [-0.15, -0.1) is 0 Å². The third-order valence-electron chi connectivity index (χ3n) is 5.11. The van der Waals surface area contributed by atoms with Gasteiger partial charge in [-0.1, -0.05) is 36.0 Å². The van der Waals surface area contributed by atoms with Crippen LogP contribution in [-0.2, 0) is 4.79 Å². The molecule has 3 aromatic carbocycles. The van der Waals surface area contributed by atoms with E-state index in [2.05, 4.69) is 10.3 Å². The summed E-state index contributed by atoms with van der Waals surface area (Å²) in [6, 6.07) is 15.8. The van der Waals surface area contributed by atoms with Gasteiger partial charge in [0.25, 0.3) is 5.56 Å². The Kier molecular flexibility index (Phi) is 6.42. The molecular weight excluding hydrogens is 459 g/mol. The van der Waals surface area contributed by atoms with Crippen LogP contribution in [0.3, 0.4) is 0 Å². The van der Waals surface area contributed by atoms with Gasteiger partial charge < -0.3 is 5.32 Å². The molecule has 0 saturated carbocycles. The molecule has 0 atom stereocenters. The summed E-state index contributed by atoms with van der Waals surface area (Å²) in [5.74, 6) is -1.60. The topological polar surface area (TPSA) is 107 Å². The number of nitrogens with one attached hydrogen (secondary N) is 1. The van der Waals surface area contributed by atoms with E-state index in [4.69, 9.17) is 0 Å². The summed E-state index contributed by atoms with van der Waals surface area (Å²) in [6.45, 7) is 3.81. The van der Waals surface area contributed by atoms with Crippen molar-refractivity contribution in [3.05, 3.63) is 98.1 Å². The highest BCUT2D eigenvalue weighted by Crippen LogP contribution is 2.25. The third-order valence-corrected chi connectivity index (χ3v) is 6.05. The van der Waals surface area contributed by atoms with Crippen molar-refractivity contribution in [3.8, 4) is 5.69 Å². The van der Waals surface area contributed by atoms with E-state index < -0.39 is 22.3 Å². The van der Waals surface area contributed by atoms with Gasteiger partial charge in [-0.25, -0.2) is 4.98 Å². The second-order valence-corrected chi connectivity index (χ2v) is 8.54. The van der Waals surface area contributed by atoms with E-state index >= 15 is 0 Å². The molecule has 0 radical (unpaired) electrons. The average Bonchev–Trinajstić information content (AvgIpc) is 2.81. The quantitative estimate of drug-likeness (QED) is 0.185. The smallest absolute Gasteiger partial charge is 0.306 e. The number of anilines is 1. The first-order chi connectivity index (χ1) is 16.2. The summed E-state index contributed by atoms with van der Waals surface area (Å²) in [5, 5.41) is 14.2. The molecule has 4 rings (SSSR count). The van der Waals surface area contributed by atoms with E-state index in [-0.39, 0.29) is 17.0 Å². The second-order valence-electron chi connectivity index (χ2n) is 7.60. The summed E-state index contributed by atoms with van der Waals surface area (Å²) in [5.41, 5.74) is 2.12. The van der Waals surface area contributed by atoms with Crippen LogP contribution in [0.1, 0.15) is 11.1 Å². The Labute approximate surface area is 197 Å². The number of amides is 1. The maximum Gasteiger partial charge on any atom is 0.306 e. The van der Waals surface area contributed by atoms with Crippen LogP contribution in [0.2, 0.25) is 0 Å². The van der Waals surface area contributed by atoms with E-state index in [0.717, 1.165) is 35.0 Å². The van der Waals surface area contributed by atoms with Crippen molar-refractivity contribution >= 4 is 39.9 Å². The Morgan fingerprint density at radius 1 is 1.15 bits per heavy atom. The monoisotopic (exact) mass is 478 g/mol. The molecule has 0 aliphatic rings. The fourth-order valence-corrected chi connectivity index (χ4v) is 4.25. The van der Waals surface area contributed by atoms with Crippen LogP contribution in [0.15, 0.2) is 70.6 Å². The summed E-state index contributed by atoms with van der Waals surface area (Å²) >= 11 is 1.06. The van der Waals surface area contributed by atoms with Crippen molar-refractivity contribution in [2.75, 3.05) is 11.1 Å². The molecule has 0 spiro atoms. The number of para-hydroxylation sites is 1. The number of nitro groups is 1. The molecule has 4 aromatic rings. The molecule has 8 nitrogen and oxygen atoms in total. The van der Waals surface area contributed by atoms with Crippen LogP contribution in [0.5, 0.6) is 0 Å². The number of rotatable bonds is 6. The Morgan fingerprint density at radius 2 is 1.91 bits per heavy atom. The maximum atomic E-state index is 13.6. The van der Waals surface area contributed by atoms with Gasteiger partial charge in [-0.05, 0) is 55.3 Å². The van der Waals surface area contributed by atoms with Gasteiger partial charge in [-0.2, -0.15) is 4.39 Å². The molecule has 1 heterocycles. The second kappa shape index (κ2) is 9.44. The lowest BCUT2D eigenvalue weighted by atomic mass is 10.1. The van der Waals surface area contributed by atoms with E-state index in [0.29, 0.717) is 21.7 Å². The van der Waals surface area contributed by atoms with E-state index in [1.54, 1.807) is 24.3 Å². The predicted octanol–water partition coefficient (Wildman–Crippen LogP) is 4.78. The number of benzene rings is 3. The molecule has 1 amide bonds. The lowest BCUT2D eigenvalue weighted by molar-refractivity contribution is -0.387. The van der Waals surface area contributed by atoms with E-state index in [1.807, 2.05) is 32.0 Å². The number of hydrogen-bond acceptors (Lipinski definition) is 6. The first-order valence-corrected chi connectivity index (χ1v) is 11.2. The van der Waals surface area contributed by atoms with Gasteiger partial charge in [0, 0.05) is 11.8 Å². The summed E-state index contributed by atoms with van der Waals surface area (Å²) in [7, 11) is 0. The van der Waals surface area contributed by atoms with Crippen LogP contribution in [0.4, 0.5) is 15.8 Å². The minimum atomic E-state index is -0.990. The molecule has 0 unspecified atom stereocenters. The zero-order chi connectivity index (χ0) is 24.4. The van der Waals surface area contributed by atoms with E-state index in [1.165, 1.54) is 10.6 Å². The lowest BCUT2D eigenvalue weighted by Crippen LogP contribution is -2.23. The zero-order valence-electron chi connectivity index (χ0n) is 18.2. The Bertz CT molecular complexity index is 1500. The highest BCUT2D eigenvalue weighted by molar-refractivity contribution is 7.99. The van der Waals surface area contributed by atoms with Crippen molar-refractivity contribution in [1.29, 1.82) is 0 Å². The first kappa shape index (κ1) is 23.1. The van der Waals surface area contributed by atoms with Crippen LogP contribution in [-0.4, -0.2) is 26.1 Å². The minimum absolute atomic E-state index is 0.0945. The number of carbonyl (C=O) groups excluding carboxylic acids is 1. The highest BCUT2D eigenvalue weighted by Gasteiger charge is 2.18. The van der Waals surface area contributed by atoms with Crippen LogP contribution < -0.4 is 10.9 Å². The van der Waals surface area contributed by atoms with Crippen molar-refractivity contribution in [2.24, 2.45) is 0 Å². The summed E-state index contributed by atoms with van der Waals surface area (Å²) < 4.78 is 15.1. The third kappa shape index (κ3) is 4.67. The lowest BCUT2D eigenvalue weighted by Gasteiger charge is -2.15. The number of aryl methyl sites for hydroxylation is 2. The van der Waals surface area contributed by atoms with Crippen molar-refractivity contribution in [2.45, 2.75) is 19.0 Å². The number of carbonyl (C=O) groups is 1. The predicted molar refractivity (Wildman–Crippen MR) is 129 cm³/mol. The summed E-state index contributed by atoms with van der Waals surface area (Å²) in [6.07, 6.45) is 0. The van der Waals surface area contributed by atoms with Gasteiger partial charge in [0.1, 0.15) is 0 Å². The van der Waals surface area contributed by atoms with Gasteiger partial charge >= 0.3 is 5.69 Å². The number of thioether (sulfide) groups is 1. The first-order valence-electron chi connectivity index (χ1n) is 10.2. The maximum absolute atomic E-state index is 13.6. The normalized spacial score (nSPS) is 10.9. The highest BCUT2D eigenvalue weighted by atomic mass is 32.2. The molecular formula is C24H19FN4O4S. The van der Waals surface area contributed by atoms with Gasteiger partial charge in [0.15, 0.2) is 5.16 Å². The number of fused-ring (bicyclic) bond motifs is 1. The Balaban J connectivity index is 1.67. The van der Waals surface area contributed by atoms with Crippen molar-refractivity contribution < 1.29 is 14.1 Å². The van der Waals surface area contributed by atoms with Crippen molar-refractivity contribution in [1.82, 2.24) is 9.55 Å². The fourth-order valence-electron chi connectivity index (χ4n) is 3.44. The van der Waals surface area contributed by atoms with Gasteiger partial charge in [0.05, 0.1) is 27.3 Å². The van der Waals surface area contributed by atoms with Gasteiger partial charge in [-0.3, -0.25) is 24.3 Å². The number of aromatic nitrogens is 2. The molecule has 0 fully saturated rings. The number of nitrogens with zero attached hydrogens (tertiary/aromatic N) is 3. The van der Waals surface area contributed by atoms with E-state index in [9.17, 15) is 24.1 Å². The number of nitro benzene ring substituents is 1. The van der Waals surface area contributed by atoms with Crippen LogP contribution in [0, 0.1) is 29.8 Å². The molecule has 10 heteroatoms. The molecule has 1 N–H and O–H groups in total. The van der Waals surface area contributed by atoms with Crippen molar-refractivity contribution in [3.63, 3.8) is 0 Å². The molecule has 0 aliphatic heterocycles. The molecule has 172 valence electrons. The zero-order valence-corrected chi connectivity index (χ0v) is 19.1. The Morgan fingerprint density at radius 3 is 2.68 bits per heavy atom. The number of hydrogen-bond donors (Lipinski definition) is 1. The number of halogens is 1. The largest absolute Gasteiger partial charge is 0.325 e. The molecule has 0 saturated heterocycles. The molecule has 0 bridgehead atoms. The van der Waals surface area contributed by atoms with Crippen LogP contribution in [0.25, 0.3) is 16.6 Å². The van der Waals surface area contributed by atoms with Gasteiger partial charge in [0.2, 0.25) is 11.7 Å². The molecule has 0 aliphatic carbocycles. The SMILES string of the molecule is Cc1ccc(C)c(-n2c(SCC(=O)Nc3ccc(F)c([N+](=O)[O-])c3)nc3ccccc3c2=O)c1. The molecule has 1 aromatic heterocycles. The minimum Gasteiger partial charge on any atom is -0.325 e. The Hall–Kier alpha value is -4.05. The standard InChI is InChI=1S/C24H19FN4O4S/c1-14-7-8-15(2)20(11-14)28-23(31)17-5-3-4-6-19(17)27-24(28)34-13-22(30)26-16-9-10-18(25)21(12-16)29(32)33/h3-12H,13H2,1-2H3,(H,26,30).